The van der Waals surface area contributed by atoms with Crippen molar-refractivity contribution >= 4 is 22.2 Å². The van der Waals surface area contributed by atoms with E-state index in [0.29, 0.717) is 12.2 Å². The number of hydrogen-bond acceptors (Lipinski definition) is 7. The van der Waals surface area contributed by atoms with E-state index in [0.717, 1.165) is 18.0 Å². The van der Waals surface area contributed by atoms with Crippen molar-refractivity contribution in [2.24, 2.45) is 0 Å². The van der Waals surface area contributed by atoms with Gasteiger partial charge in [0.2, 0.25) is 0 Å². The van der Waals surface area contributed by atoms with Gasteiger partial charge in [-0.1, -0.05) is 11.4 Å². The van der Waals surface area contributed by atoms with E-state index in [1.807, 2.05) is 6.92 Å². The highest BCUT2D eigenvalue weighted by atomic mass is 32.1. The maximum absolute atomic E-state index is 11.3. The van der Waals surface area contributed by atoms with E-state index >= 15 is 0 Å². The Morgan fingerprint density at radius 3 is 3.05 bits per heavy atom. The Kier molecular flexibility index (Phi) is 4.41. The van der Waals surface area contributed by atoms with Gasteiger partial charge in [0.15, 0.2) is 0 Å². The standard InChI is InChI=1S/C11H13N5O3S/c1-2-4-12-11-8(13-14-20-11)6-15-5-3-10(17)9(7-15)16(18)19/h3,5,7,12H,2,4,6H2,1H3. The number of nitrogens with one attached hydrogen (secondary N) is 1. The second kappa shape index (κ2) is 6.24. The van der Waals surface area contributed by atoms with Crippen molar-refractivity contribution in [1.82, 2.24) is 14.2 Å². The number of nitrogens with zero attached hydrogens (tertiary/aromatic N) is 4. The van der Waals surface area contributed by atoms with Gasteiger partial charge in [-0.15, -0.1) is 5.10 Å². The van der Waals surface area contributed by atoms with E-state index in [1.54, 1.807) is 4.57 Å². The molecule has 0 saturated heterocycles. The Morgan fingerprint density at radius 1 is 1.55 bits per heavy atom. The second-order valence-electron chi connectivity index (χ2n) is 4.10. The van der Waals surface area contributed by atoms with Crippen LogP contribution in [0.1, 0.15) is 19.0 Å². The maximum atomic E-state index is 11.3. The molecule has 0 amide bonds. The van der Waals surface area contributed by atoms with Crippen molar-refractivity contribution in [1.29, 1.82) is 0 Å². The second-order valence-corrected chi connectivity index (χ2v) is 4.85. The number of hydrogen-bond donors (Lipinski definition) is 1. The van der Waals surface area contributed by atoms with Crippen LogP contribution in [0.2, 0.25) is 0 Å². The van der Waals surface area contributed by atoms with Gasteiger partial charge in [-0.3, -0.25) is 14.9 Å². The molecule has 0 saturated carbocycles. The van der Waals surface area contributed by atoms with Crippen molar-refractivity contribution in [3.63, 3.8) is 0 Å². The first kappa shape index (κ1) is 14.1. The van der Waals surface area contributed by atoms with Gasteiger partial charge < -0.3 is 9.88 Å². The SMILES string of the molecule is CCCNc1snnc1Cn1ccc(=O)c([N+](=O)[O-])c1. The third kappa shape index (κ3) is 3.18. The van der Waals surface area contributed by atoms with Crippen LogP contribution < -0.4 is 10.7 Å². The molecule has 20 heavy (non-hydrogen) atoms. The summed E-state index contributed by atoms with van der Waals surface area (Å²) in [6, 6.07) is 1.18. The van der Waals surface area contributed by atoms with Crippen molar-refractivity contribution < 1.29 is 4.92 Å². The van der Waals surface area contributed by atoms with Crippen LogP contribution in [0.25, 0.3) is 0 Å². The Bertz CT molecular complexity index is 666. The molecular weight excluding hydrogens is 282 g/mol. The average Bonchev–Trinajstić information content (AvgIpc) is 2.85. The fourth-order valence-corrected chi connectivity index (χ4v) is 2.20. The first-order valence-electron chi connectivity index (χ1n) is 6.01. The lowest BCUT2D eigenvalue weighted by Crippen LogP contribution is -2.12. The molecule has 2 heterocycles. The van der Waals surface area contributed by atoms with Crippen molar-refractivity contribution in [3.8, 4) is 0 Å². The molecule has 0 fully saturated rings. The molecule has 0 aliphatic carbocycles. The molecule has 0 radical (unpaired) electrons. The number of anilines is 1. The van der Waals surface area contributed by atoms with Crippen LogP contribution in [0.3, 0.4) is 0 Å². The first-order valence-corrected chi connectivity index (χ1v) is 6.78. The lowest BCUT2D eigenvalue weighted by molar-refractivity contribution is -0.386. The Labute approximate surface area is 118 Å². The van der Waals surface area contributed by atoms with Gasteiger partial charge in [0.25, 0.3) is 5.43 Å². The van der Waals surface area contributed by atoms with Gasteiger partial charge in [-0.25, -0.2) is 0 Å². The molecule has 2 aromatic rings. The molecule has 2 rings (SSSR count). The van der Waals surface area contributed by atoms with Crippen molar-refractivity contribution in [3.05, 3.63) is 44.5 Å². The summed E-state index contributed by atoms with van der Waals surface area (Å²) in [6.45, 7) is 3.18. The van der Waals surface area contributed by atoms with Crippen LogP contribution in [0.4, 0.5) is 10.7 Å². The van der Waals surface area contributed by atoms with E-state index in [2.05, 4.69) is 14.9 Å². The lowest BCUT2D eigenvalue weighted by Gasteiger charge is -2.06. The molecule has 2 aromatic heterocycles. The lowest BCUT2D eigenvalue weighted by atomic mass is 10.3. The molecule has 0 aromatic carbocycles. The van der Waals surface area contributed by atoms with E-state index in [4.69, 9.17) is 0 Å². The monoisotopic (exact) mass is 295 g/mol. The average molecular weight is 295 g/mol. The molecule has 0 atom stereocenters. The number of nitro groups is 1. The van der Waals surface area contributed by atoms with Crippen LogP contribution in [-0.2, 0) is 6.54 Å². The Balaban J connectivity index is 2.22. The first-order chi connectivity index (χ1) is 9.61. The van der Waals surface area contributed by atoms with Crippen LogP contribution in [0, 0.1) is 10.1 Å². The molecule has 8 nitrogen and oxygen atoms in total. The van der Waals surface area contributed by atoms with E-state index in [1.165, 1.54) is 30.0 Å². The Hall–Kier alpha value is -2.29. The topological polar surface area (TPSA) is 103 Å². The zero-order chi connectivity index (χ0) is 14.5. The van der Waals surface area contributed by atoms with Crippen molar-refractivity contribution in [2.75, 3.05) is 11.9 Å². The molecule has 0 aliphatic rings. The minimum absolute atomic E-state index is 0.323. The third-order valence-electron chi connectivity index (χ3n) is 2.58. The van der Waals surface area contributed by atoms with Gasteiger partial charge in [-0.2, -0.15) is 0 Å². The summed E-state index contributed by atoms with van der Waals surface area (Å²) in [7, 11) is 0. The van der Waals surface area contributed by atoms with E-state index in [9.17, 15) is 14.9 Å². The van der Waals surface area contributed by atoms with Gasteiger partial charge in [0.05, 0.1) is 17.7 Å². The predicted octanol–water partition coefficient (Wildman–Crippen LogP) is 1.48. The van der Waals surface area contributed by atoms with Crippen molar-refractivity contribution in [2.45, 2.75) is 19.9 Å². The summed E-state index contributed by atoms with van der Waals surface area (Å²) in [4.78, 5) is 21.4. The summed E-state index contributed by atoms with van der Waals surface area (Å²) < 4.78 is 5.42. The molecule has 0 spiro atoms. The molecular formula is C11H13N5O3S. The van der Waals surface area contributed by atoms with Crippen LogP contribution >= 0.6 is 11.5 Å². The fraction of sp³-hybridized carbons (Fsp3) is 0.364. The van der Waals surface area contributed by atoms with Gasteiger partial charge in [0.1, 0.15) is 10.7 Å². The quantitative estimate of drug-likeness (QED) is 0.639. The molecule has 0 aliphatic heterocycles. The molecule has 106 valence electrons. The van der Waals surface area contributed by atoms with E-state index < -0.39 is 16.0 Å². The third-order valence-corrected chi connectivity index (χ3v) is 3.30. The van der Waals surface area contributed by atoms with Gasteiger partial charge in [0, 0.05) is 30.3 Å². The highest BCUT2D eigenvalue weighted by molar-refractivity contribution is 7.10. The maximum Gasteiger partial charge on any atom is 0.332 e. The summed E-state index contributed by atoms with van der Waals surface area (Å²) in [5.41, 5.74) is -0.355. The summed E-state index contributed by atoms with van der Waals surface area (Å²) >= 11 is 1.24. The zero-order valence-electron chi connectivity index (χ0n) is 10.8. The van der Waals surface area contributed by atoms with Gasteiger partial charge >= 0.3 is 5.69 Å². The Morgan fingerprint density at radius 2 is 2.35 bits per heavy atom. The van der Waals surface area contributed by atoms with Crippen LogP contribution in [0.15, 0.2) is 23.3 Å². The van der Waals surface area contributed by atoms with Crippen LogP contribution in [0.5, 0.6) is 0 Å². The number of aromatic nitrogens is 3. The largest absolute Gasteiger partial charge is 0.374 e. The number of rotatable bonds is 6. The summed E-state index contributed by atoms with van der Waals surface area (Å²) in [5, 5.41) is 18.8. The fourth-order valence-electron chi connectivity index (χ4n) is 1.61. The molecule has 0 unspecified atom stereocenters. The zero-order valence-corrected chi connectivity index (χ0v) is 11.6. The smallest absolute Gasteiger partial charge is 0.332 e. The normalized spacial score (nSPS) is 10.4. The van der Waals surface area contributed by atoms with Crippen LogP contribution in [-0.4, -0.2) is 25.6 Å². The highest BCUT2D eigenvalue weighted by Gasteiger charge is 2.13. The summed E-state index contributed by atoms with van der Waals surface area (Å²) in [5.74, 6) is 0. The van der Waals surface area contributed by atoms with Gasteiger partial charge in [-0.05, 0) is 6.42 Å². The predicted molar refractivity (Wildman–Crippen MR) is 75.1 cm³/mol. The van der Waals surface area contributed by atoms with E-state index in [-0.39, 0.29) is 0 Å². The molecule has 0 bridgehead atoms. The minimum Gasteiger partial charge on any atom is -0.374 e. The number of pyridine rings is 1. The molecule has 9 heteroatoms. The minimum atomic E-state index is -0.686. The molecule has 1 N–H and O–H groups in total. The highest BCUT2D eigenvalue weighted by Crippen LogP contribution is 2.18. The summed E-state index contributed by atoms with van der Waals surface area (Å²) in [6.07, 6.45) is 3.68.